The molecule has 3 aromatic carbocycles. The van der Waals surface area contributed by atoms with Gasteiger partial charge in [-0.1, -0.05) is 78.9 Å². The van der Waals surface area contributed by atoms with E-state index in [2.05, 4.69) is 34.1 Å². The number of nitrogens with zero attached hydrogens (tertiary/aromatic N) is 1. The molecule has 11 heteroatoms. The monoisotopic (exact) mass is 684 g/mol. The SMILES string of the molecule is COC(=O)[C@@H]1[C@H]2C[C@H]3c4[nH]c5ccccc5c4CCN3C[C@@H]2CC[C@@H]1O.NCC(=O)OCc1ccccc1.NCC(=O)OCc1ccccc1. The lowest BCUT2D eigenvalue weighted by Gasteiger charge is -2.50. The number of rotatable bonds is 7. The van der Waals surface area contributed by atoms with Crippen molar-refractivity contribution in [3.8, 4) is 0 Å². The largest absolute Gasteiger partial charge is 0.469 e. The molecular weight excluding hydrogens is 636 g/mol. The van der Waals surface area contributed by atoms with Crippen LogP contribution in [0.5, 0.6) is 0 Å². The van der Waals surface area contributed by atoms with Gasteiger partial charge in [0.25, 0.3) is 0 Å². The minimum absolute atomic E-state index is 0.0627. The van der Waals surface area contributed by atoms with Crippen LogP contribution in [-0.2, 0) is 48.2 Å². The van der Waals surface area contributed by atoms with Crippen molar-refractivity contribution in [3.63, 3.8) is 0 Å². The third-order valence-electron chi connectivity index (χ3n) is 9.84. The molecule has 6 N–H and O–H groups in total. The van der Waals surface area contributed by atoms with Gasteiger partial charge in [-0.25, -0.2) is 0 Å². The Morgan fingerprint density at radius 3 is 2.00 bits per heavy atom. The number of nitrogens with two attached hydrogens (primary N) is 2. The Hall–Kier alpha value is -4.55. The van der Waals surface area contributed by atoms with E-state index in [0.29, 0.717) is 31.6 Å². The molecule has 1 saturated carbocycles. The van der Waals surface area contributed by atoms with Crippen LogP contribution in [0.4, 0.5) is 0 Å². The quantitative estimate of drug-likeness (QED) is 0.165. The molecule has 0 bridgehead atoms. The number of ether oxygens (including phenoxy) is 3. The normalized spacial score (nSPS) is 22.2. The summed E-state index contributed by atoms with van der Waals surface area (Å²) in [6.45, 7) is 2.58. The van der Waals surface area contributed by atoms with Gasteiger partial charge in [-0.05, 0) is 60.3 Å². The highest BCUT2D eigenvalue weighted by molar-refractivity contribution is 5.85. The first-order valence-electron chi connectivity index (χ1n) is 17.2. The zero-order valence-electron chi connectivity index (χ0n) is 28.5. The Kier molecular flexibility index (Phi) is 13.2. The zero-order valence-corrected chi connectivity index (χ0v) is 28.5. The number of hydrogen-bond donors (Lipinski definition) is 4. The predicted molar refractivity (Wildman–Crippen MR) is 189 cm³/mol. The van der Waals surface area contributed by atoms with Crippen molar-refractivity contribution in [1.29, 1.82) is 0 Å². The predicted octanol–water partition coefficient (Wildman–Crippen LogP) is 4.02. The number of carbonyl (C=O) groups is 3. The number of aliphatic hydroxyl groups excluding tert-OH is 1. The molecule has 2 fully saturated rings. The molecule has 0 radical (unpaired) electrons. The standard InChI is InChI=1S/C21H26N2O3.2C9H11NO2/c1-26-21(25)19-15-10-17-20-14(13-4-2-3-5-16(13)22-20)8-9-23(17)11-12(15)6-7-18(19)24;2*10-6-9(11)12-7-8-4-2-1-3-5-8/h2-5,12,15,17-19,22,24H,6-11H2,1H3;2*1-5H,6-7,10H2/t12-,15-,17-,18-,19+;;/m0../s1. The van der Waals surface area contributed by atoms with Crippen LogP contribution in [0.2, 0.25) is 0 Å². The van der Waals surface area contributed by atoms with E-state index in [1.807, 2.05) is 60.7 Å². The van der Waals surface area contributed by atoms with E-state index in [1.54, 1.807) is 0 Å². The second-order valence-corrected chi connectivity index (χ2v) is 12.9. The van der Waals surface area contributed by atoms with E-state index < -0.39 is 6.10 Å². The number of aliphatic hydroxyl groups is 1. The third-order valence-corrected chi connectivity index (χ3v) is 9.84. The van der Waals surface area contributed by atoms with Gasteiger partial charge in [-0.3, -0.25) is 19.3 Å². The first kappa shape index (κ1) is 36.7. The molecule has 11 nitrogen and oxygen atoms in total. The first-order chi connectivity index (χ1) is 24.3. The molecule has 0 amide bonds. The lowest BCUT2D eigenvalue weighted by molar-refractivity contribution is -0.160. The van der Waals surface area contributed by atoms with E-state index >= 15 is 0 Å². The van der Waals surface area contributed by atoms with E-state index in [-0.39, 0.29) is 42.8 Å². The van der Waals surface area contributed by atoms with Crippen molar-refractivity contribution in [2.45, 2.75) is 51.0 Å². The summed E-state index contributed by atoms with van der Waals surface area (Å²) in [5.41, 5.74) is 16.0. The summed E-state index contributed by atoms with van der Waals surface area (Å²) < 4.78 is 14.7. The van der Waals surface area contributed by atoms with Crippen molar-refractivity contribution < 1.29 is 33.7 Å². The summed E-state index contributed by atoms with van der Waals surface area (Å²) in [5, 5.41) is 11.8. The third kappa shape index (κ3) is 9.16. The van der Waals surface area contributed by atoms with Crippen LogP contribution in [0.3, 0.4) is 0 Å². The van der Waals surface area contributed by atoms with Crippen LogP contribution in [0.1, 0.15) is 47.7 Å². The molecule has 3 heterocycles. The van der Waals surface area contributed by atoms with E-state index in [4.69, 9.17) is 25.7 Å². The summed E-state index contributed by atoms with van der Waals surface area (Å²) in [4.78, 5) is 39.9. The summed E-state index contributed by atoms with van der Waals surface area (Å²) in [6.07, 6.45) is 3.14. The Morgan fingerprint density at radius 1 is 0.840 bits per heavy atom. The molecular formula is C39H48N4O7. The van der Waals surface area contributed by atoms with Crippen LogP contribution >= 0.6 is 0 Å². The highest BCUT2D eigenvalue weighted by atomic mass is 16.5. The van der Waals surface area contributed by atoms with Gasteiger partial charge in [0.05, 0.1) is 38.3 Å². The van der Waals surface area contributed by atoms with Crippen LogP contribution in [0.15, 0.2) is 84.9 Å². The number of aromatic amines is 1. The number of para-hydroxylation sites is 1. The van der Waals surface area contributed by atoms with Crippen molar-refractivity contribution >= 4 is 28.8 Å². The van der Waals surface area contributed by atoms with E-state index in [9.17, 15) is 19.5 Å². The number of H-pyrrole nitrogens is 1. The first-order valence-corrected chi connectivity index (χ1v) is 17.2. The van der Waals surface area contributed by atoms with Crippen LogP contribution < -0.4 is 11.5 Å². The Morgan fingerprint density at radius 2 is 1.42 bits per heavy atom. The Labute approximate surface area is 292 Å². The van der Waals surface area contributed by atoms with Gasteiger partial charge >= 0.3 is 17.9 Å². The Balaban J connectivity index is 0.000000169. The molecule has 266 valence electrons. The van der Waals surface area contributed by atoms with Crippen molar-refractivity contribution in [2.75, 3.05) is 33.3 Å². The zero-order chi connectivity index (χ0) is 35.5. The number of aromatic nitrogens is 1. The van der Waals surface area contributed by atoms with Gasteiger partial charge < -0.3 is 35.8 Å². The number of methoxy groups -OCH3 is 1. The minimum Gasteiger partial charge on any atom is -0.469 e. The molecule has 3 aliphatic rings. The molecule has 0 unspecified atom stereocenters. The molecule has 1 aromatic heterocycles. The fourth-order valence-corrected chi connectivity index (χ4v) is 7.40. The highest BCUT2D eigenvalue weighted by Crippen LogP contribution is 2.49. The van der Waals surface area contributed by atoms with E-state index in [0.717, 1.165) is 43.5 Å². The number of nitrogens with one attached hydrogen (secondary N) is 1. The average Bonchev–Trinajstić information content (AvgIpc) is 3.55. The van der Waals surface area contributed by atoms with Crippen molar-refractivity contribution in [2.24, 2.45) is 29.2 Å². The Bertz CT molecular complexity index is 1640. The number of fused-ring (bicyclic) bond motifs is 6. The second kappa shape index (κ2) is 17.9. The molecule has 5 atom stereocenters. The number of hydrogen-bond acceptors (Lipinski definition) is 10. The summed E-state index contributed by atoms with van der Waals surface area (Å²) in [6, 6.07) is 27.8. The maximum absolute atomic E-state index is 12.4. The van der Waals surface area contributed by atoms with Crippen LogP contribution in [0, 0.1) is 17.8 Å². The fourth-order valence-electron chi connectivity index (χ4n) is 7.40. The molecule has 7 rings (SSSR count). The van der Waals surface area contributed by atoms with E-state index in [1.165, 1.54) is 29.3 Å². The maximum atomic E-state index is 12.4. The molecule has 2 aliphatic heterocycles. The second-order valence-electron chi connectivity index (χ2n) is 12.9. The van der Waals surface area contributed by atoms with Gasteiger partial charge in [0.1, 0.15) is 13.2 Å². The lowest BCUT2D eigenvalue weighted by Crippen LogP contribution is -2.53. The van der Waals surface area contributed by atoms with Crippen LogP contribution in [-0.4, -0.2) is 72.3 Å². The minimum atomic E-state index is -0.568. The molecule has 1 saturated heterocycles. The number of esters is 3. The number of benzene rings is 3. The topological polar surface area (TPSA) is 170 Å². The van der Waals surface area contributed by atoms with Gasteiger partial charge in [-0.15, -0.1) is 0 Å². The smallest absolute Gasteiger partial charge is 0.320 e. The fraction of sp³-hybridized carbons (Fsp3) is 0.410. The number of carbonyl (C=O) groups excluding carboxylic acids is 3. The van der Waals surface area contributed by atoms with Crippen LogP contribution in [0.25, 0.3) is 10.9 Å². The van der Waals surface area contributed by atoms with Gasteiger partial charge in [-0.2, -0.15) is 0 Å². The van der Waals surface area contributed by atoms with Gasteiger partial charge in [0, 0.05) is 29.7 Å². The summed E-state index contributed by atoms with van der Waals surface area (Å²) in [7, 11) is 1.43. The van der Waals surface area contributed by atoms with Crippen molar-refractivity contribution in [1.82, 2.24) is 9.88 Å². The summed E-state index contributed by atoms with van der Waals surface area (Å²) >= 11 is 0. The van der Waals surface area contributed by atoms with Gasteiger partial charge in [0.15, 0.2) is 0 Å². The molecule has 1 aliphatic carbocycles. The average molecular weight is 685 g/mol. The van der Waals surface area contributed by atoms with Crippen molar-refractivity contribution in [3.05, 3.63) is 107 Å². The van der Waals surface area contributed by atoms with Gasteiger partial charge in [0.2, 0.25) is 0 Å². The molecule has 50 heavy (non-hydrogen) atoms. The maximum Gasteiger partial charge on any atom is 0.320 e. The molecule has 4 aromatic rings. The number of piperidine rings is 1. The highest BCUT2D eigenvalue weighted by Gasteiger charge is 2.49. The lowest BCUT2D eigenvalue weighted by atomic mass is 9.65. The molecule has 0 spiro atoms. The summed E-state index contributed by atoms with van der Waals surface area (Å²) in [5.74, 6) is -0.698.